The minimum absolute atomic E-state index is 0.0200. The molecule has 1 aromatic rings. The summed E-state index contributed by atoms with van der Waals surface area (Å²) in [5.74, 6) is -0.299. The van der Waals surface area contributed by atoms with Crippen molar-refractivity contribution in [2.24, 2.45) is 11.7 Å². The fraction of sp³-hybridized carbons (Fsp3) is 0.731. The number of rotatable bonds is 12. The van der Waals surface area contributed by atoms with E-state index in [2.05, 4.69) is 5.32 Å². The van der Waals surface area contributed by atoms with E-state index < -0.39 is 29.7 Å². The van der Waals surface area contributed by atoms with Gasteiger partial charge in [0.25, 0.3) is 0 Å². The van der Waals surface area contributed by atoms with Crippen molar-refractivity contribution in [3.05, 3.63) is 34.6 Å². The number of ether oxygens (including phenoxy) is 1. The van der Waals surface area contributed by atoms with Gasteiger partial charge in [-0.3, -0.25) is 4.84 Å². The number of unbranched alkanes of at least 4 members (excludes halogenated alkanes) is 1. The summed E-state index contributed by atoms with van der Waals surface area (Å²) in [5.41, 5.74) is 3.86. The maximum Gasteiger partial charge on any atom is 0.318 e. The highest BCUT2D eigenvalue weighted by atomic mass is 35.5. The van der Waals surface area contributed by atoms with E-state index in [1.807, 2.05) is 0 Å². The number of aliphatic hydroxyl groups excluding tert-OH is 1. The van der Waals surface area contributed by atoms with Crippen LogP contribution in [0.5, 0.6) is 0 Å². The summed E-state index contributed by atoms with van der Waals surface area (Å²) in [7, 11) is 1.59. The summed E-state index contributed by atoms with van der Waals surface area (Å²) >= 11 is 6.03. The van der Waals surface area contributed by atoms with Crippen LogP contribution in [0.3, 0.4) is 0 Å². The molecule has 1 heterocycles. The van der Waals surface area contributed by atoms with Crippen LogP contribution in [0.15, 0.2) is 18.2 Å². The van der Waals surface area contributed by atoms with Crippen molar-refractivity contribution < 1.29 is 29.0 Å². The van der Waals surface area contributed by atoms with Crippen molar-refractivity contribution in [2.75, 3.05) is 40.1 Å². The Hall–Kier alpha value is -1.53. The van der Waals surface area contributed by atoms with Crippen LogP contribution in [0.2, 0.25) is 5.02 Å². The van der Waals surface area contributed by atoms with Gasteiger partial charge in [-0.15, -0.1) is 5.06 Å². The van der Waals surface area contributed by atoms with E-state index in [9.17, 15) is 15.0 Å². The number of methoxy groups -OCH3 is 1. The van der Waals surface area contributed by atoms with Crippen LogP contribution in [0.4, 0.5) is 9.18 Å². The van der Waals surface area contributed by atoms with E-state index >= 15 is 4.39 Å². The number of urea groups is 1. The van der Waals surface area contributed by atoms with E-state index in [0.717, 1.165) is 25.7 Å². The maximum absolute atomic E-state index is 15.1. The van der Waals surface area contributed by atoms with E-state index in [0.29, 0.717) is 31.8 Å². The first-order valence-corrected chi connectivity index (χ1v) is 13.7. The molecule has 1 saturated heterocycles. The Bertz CT molecular complexity index is 862. The molecule has 0 radical (unpaired) electrons. The van der Waals surface area contributed by atoms with E-state index in [1.54, 1.807) is 13.2 Å². The normalized spacial score (nSPS) is 20.9. The number of nitrogens with one attached hydrogen (secondary N) is 1. The zero-order chi connectivity index (χ0) is 26.8. The number of nitrogens with zero attached hydrogens (tertiary/aromatic N) is 2. The first kappa shape index (κ1) is 30.0. The van der Waals surface area contributed by atoms with Gasteiger partial charge in [-0.1, -0.05) is 55.8 Å². The molecule has 1 saturated carbocycles. The largest absolute Gasteiger partial charge is 0.390 e. The number of nitrogens with two attached hydrogens (primary N) is 1. The molecule has 0 aromatic heterocycles. The average molecular weight is 545 g/mol. The van der Waals surface area contributed by atoms with Crippen molar-refractivity contribution >= 4 is 17.6 Å². The third kappa shape index (κ3) is 7.98. The molecule has 5 N–H and O–H groups in total. The fourth-order valence-corrected chi connectivity index (χ4v) is 5.42. The van der Waals surface area contributed by atoms with Crippen molar-refractivity contribution in [1.82, 2.24) is 15.3 Å². The molecule has 2 fully saturated rings. The second-order valence-electron chi connectivity index (χ2n) is 10.1. The highest BCUT2D eigenvalue weighted by molar-refractivity contribution is 6.30. The van der Waals surface area contributed by atoms with Gasteiger partial charge in [-0.2, -0.15) is 0 Å². The van der Waals surface area contributed by atoms with Crippen LogP contribution in [0.25, 0.3) is 0 Å². The minimum Gasteiger partial charge on any atom is -0.390 e. The summed E-state index contributed by atoms with van der Waals surface area (Å²) in [5, 5.41) is 26.4. The first-order valence-electron chi connectivity index (χ1n) is 13.3. The van der Waals surface area contributed by atoms with Crippen molar-refractivity contribution in [2.45, 2.75) is 75.7 Å². The van der Waals surface area contributed by atoms with Crippen LogP contribution >= 0.6 is 11.6 Å². The zero-order valence-electron chi connectivity index (χ0n) is 21.7. The summed E-state index contributed by atoms with van der Waals surface area (Å²) in [6, 6.07) is 3.58. The minimum atomic E-state index is -1.86. The van der Waals surface area contributed by atoms with E-state index in [-0.39, 0.29) is 43.4 Å². The second kappa shape index (κ2) is 14.6. The highest BCUT2D eigenvalue weighted by Gasteiger charge is 2.43. The summed E-state index contributed by atoms with van der Waals surface area (Å²) in [4.78, 5) is 20.6. The molecule has 37 heavy (non-hydrogen) atoms. The highest BCUT2D eigenvalue weighted by Crippen LogP contribution is 2.36. The van der Waals surface area contributed by atoms with E-state index in [1.165, 1.54) is 28.5 Å². The topological polar surface area (TPSA) is 121 Å². The number of carbonyl (C=O) groups is 1. The zero-order valence-corrected chi connectivity index (χ0v) is 22.5. The van der Waals surface area contributed by atoms with Crippen LogP contribution in [0.1, 0.15) is 63.4 Å². The quantitative estimate of drug-likeness (QED) is 0.298. The Morgan fingerprint density at radius 1 is 1.35 bits per heavy atom. The van der Waals surface area contributed by atoms with Crippen molar-refractivity contribution in [1.29, 1.82) is 0 Å². The molecule has 9 nitrogen and oxygen atoms in total. The van der Waals surface area contributed by atoms with Gasteiger partial charge in [0.15, 0.2) is 5.72 Å². The van der Waals surface area contributed by atoms with Crippen LogP contribution in [0, 0.1) is 11.7 Å². The molecule has 1 aromatic carbocycles. The van der Waals surface area contributed by atoms with Gasteiger partial charge in [0.05, 0.1) is 23.8 Å². The van der Waals surface area contributed by atoms with Gasteiger partial charge in [0.1, 0.15) is 12.5 Å². The van der Waals surface area contributed by atoms with Crippen LogP contribution in [-0.2, 0) is 15.3 Å². The lowest BCUT2D eigenvalue weighted by Gasteiger charge is -2.44. The molecule has 3 rings (SSSR count). The number of carbonyl (C=O) groups excluding carboxylic acids is 1. The Morgan fingerprint density at radius 3 is 2.81 bits per heavy atom. The lowest BCUT2D eigenvalue weighted by Crippen LogP contribution is -2.60. The first-order chi connectivity index (χ1) is 17.8. The van der Waals surface area contributed by atoms with Gasteiger partial charge >= 0.3 is 6.03 Å². The molecule has 210 valence electrons. The second-order valence-corrected chi connectivity index (χ2v) is 10.5. The average Bonchev–Trinajstić information content (AvgIpc) is 2.92. The molecule has 0 unspecified atom stereocenters. The molecular weight excluding hydrogens is 503 g/mol. The monoisotopic (exact) mass is 544 g/mol. The number of benzene rings is 1. The lowest BCUT2D eigenvalue weighted by molar-refractivity contribution is -0.332. The summed E-state index contributed by atoms with van der Waals surface area (Å²) in [6.45, 7) is 0.822. The molecule has 1 aliphatic heterocycles. The molecule has 3 atom stereocenters. The van der Waals surface area contributed by atoms with Gasteiger partial charge in [-0.25, -0.2) is 9.18 Å². The Kier molecular flexibility index (Phi) is 11.8. The smallest absolute Gasteiger partial charge is 0.318 e. The molecule has 0 bridgehead atoms. The fourth-order valence-electron chi connectivity index (χ4n) is 5.25. The number of aliphatic hydroxyl groups is 2. The standard InChI is InChI=1S/C26H42ClFN4O5/c1-36-14-6-5-12-26(35,20-10-7-11-21(27)24(20)28)32-18-31(13-15-37-32)25(34)30-22(23(33)17-29)16-19-8-3-2-4-9-19/h7,10-11,19,22-23,33,35H,2-6,8-9,12-18,29H2,1H3,(H,30,34)/t22-,23-,26+/m0/s1. The molecule has 2 aliphatic rings. The predicted octanol–water partition coefficient (Wildman–Crippen LogP) is 3.32. The van der Waals surface area contributed by atoms with Gasteiger partial charge in [0, 0.05) is 32.4 Å². The molecule has 0 spiro atoms. The summed E-state index contributed by atoms with van der Waals surface area (Å²) in [6.07, 6.45) is 6.81. The Morgan fingerprint density at radius 2 is 2.11 bits per heavy atom. The molecule has 11 heteroatoms. The van der Waals surface area contributed by atoms with Gasteiger partial charge < -0.3 is 30.9 Å². The maximum atomic E-state index is 15.1. The van der Waals surface area contributed by atoms with Crippen LogP contribution < -0.4 is 11.1 Å². The third-order valence-electron chi connectivity index (χ3n) is 7.44. The number of amides is 2. The Balaban J connectivity index is 1.74. The third-order valence-corrected chi connectivity index (χ3v) is 7.73. The van der Waals surface area contributed by atoms with E-state index in [4.69, 9.17) is 26.9 Å². The SMILES string of the molecule is COCCCC[C@@](O)(c1cccc(Cl)c1F)N1CN(C(=O)N[C@@H](CC2CCCCC2)[C@@H](O)CN)CCO1. The van der Waals surface area contributed by atoms with Gasteiger partial charge in [0.2, 0.25) is 0 Å². The van der Waals surface area contributed by atoms with Crippen molar-refractivity contribution in [3.63, 3.8) is 0 Å². The number of halogens is 2. The molecular formula is C26H42ClFN4O5. The predicted molar refractivity (Wildman–Crippen MR) is 139 cm³/mol. The number of hydroxylamine groups is 2. The summed E-state index contributed by atoms with van der Waals surface area (Å²) < 4.78 is 20.2. The lowest BCUT2D eigenvalue weighted by atomic mass is 9.83. The number of hydrogen-bond donors (Lipinski definition) is 4. The number of hydrogen-bond acceptors (Lipinski definition) is 7. The van der Waals surface area contributed by atoms with Crippen molar-refractivity contribution in [3.8, 4) is 0 Å². The van der Waals surface area contributed by atoms with Gasteiger partial charge in [-0.05, 0) is 37.7 Å². The molecule has 1 aliphatic carbocycles. The Labute approximate surface area is 224 Å². The van der Waals surface area contributed by atoms with Crippen LogP contribution in [-0.4, -0.2) is 78.4 Å². The molecule has 2 amide bonds.